The quantitative estimate of drug-likeness (QED) is 0.0841. The van der Waals surface area contributed by atoms with Crippen molar-refractivity contribution >= 4 is 79.3 Å². The summed E-state index contributed by atoms with van der Waals surface area (Å²) in [5.74, 6) is -2.03. The van der Waals surface area contributed by atoms with Crippen molar-refractivity contribution in [2.75, 3.05) is 11.5 Å². The van der Waals surface area contributed by atoms with Gasteiger partial charge < -0.3 is 15.4 Å². The molecular weight excluding hydrogens is 597 g/mol. The summed E-state index contributed by atoms with van der Waals surface area (Å²) in [4.78, 5) is 48.5. The molecule has 222 valence electrons. The predicted molar refractivity (Wildman–Crippen MR) is 170 cm³/mol. The van der Waals surface area contributed by atoms with Gasteiger partial charge in [0.15, 0.2) is 10.3 Å². The molecule has 0 unspecified atom stereocenters. The largest absolute Gasteiger partial charge is 0.447 e. The van der Waals surface area contributed by atoms with Gasteiger partial charge in [0.05, 0.1) is 16.0 Å². The highest BCUT2D eigenvalue weighted by Crippen LogP contribution is 2.22. The van der Waals surface area contributed by atoms with E-state index in [1.807, 2.05) is 0 Å². The van der Waals surface area contributed by atoms with E-state index in [1.54, 1.807) is 60.7 Å². The number of amides is 2. The Kier molecular flexibility index (Phi) is 14.7. The molecule has 42 heavy (non-hydrogen) atoms. The minimum absolute atomic E-state index is 0.00596. The summed E-state index contributed by atoms with van der Waals surface area (Å²) in [5, 5.41) is 36.9. The fourth-order valence-electron chi connectivity index (χ4n) is 3.49. The average Bonchev–Trinajstić information content (AvgIpc) is 2.93. The lowest BCUT2D eigenvalue weighted by atomic mass is 9.93. The molecule has 0 spiro atoms. The first kappa shape index (κ1) is 34.5. The molecule has 2 aromatic carbocycles. The van der Waals surface area contributed by atoms with Gasteiger partial charge in [0.1, 0.15) is 5.78 Å². The van der Waals surface area contributed by atoms with Gasteiger partial charge in [-0.2, -0.15) is 11.8 Å². The Bertz CT molecular complexity index is 1220. The molecule has 0 aliphatic heterocycles. The van der Waals surface area contributed by atoms with E-state index in [9.17, 15) is 19.2 Å². The van der Waals surface area contributed by atoms with Gasteiger partial charge >= 0.3 is 5.97 Å². The van der Waals surface area contributed by atoms with Crippen molar-refractivity contribution < 1.29 is 23.9 Å². The zero-order valence-corrected chi connectivity index (χ0v) is 25.5. The van der Waals surface area contributed by atoms with Crippen LogP contribution in [0.25, 0.3) is 0 Å². The first-order valence-electron chi connectivity index (χ1n) is 12.6. The standard InChI is InChI=1S/C28H32N6O5S3/c1-17(35)15-21(19-9-5-3-6-10-19)25(37)33-27(31)42-23(30)16-40-14-13-22(29)41-28(32)34-26(38)24(39-18(2)36)20-11-7-4-8-12-20/h3-12,21,24,29-30H,13-16H2,1-2H3,(H2,31,33,37)(H2,32,34,38)/t21-,24-/m1/s1. The molecule has 0 radical (unpaired) electrons. The van der Waals surface area contributed by atoms with Crippen LogP contribution in [0.2, 0.25) is 0 Å². The van der Waals surface area contributed by atoms with Gasteiger partial charge in [0.2, 0.25) is 12.0 Å². The fraction of sp³-hybridized carbons (Fsp3) is 0.286. The summed E-state index contributed by atoms with van der Waals surface area (Å²) in [6.07, 6.45) is -0.943. The Morgan fingerprint density at radius 1 is 0.762 bits per heavy atom. The molecular formula is C28H32N6O5S3. The highest BCUT2D eigenvalue weighted by molar-refractivity contribution is 8.27. The van der Waals surface area contributed by atoms with Crippen LogP contribution >= 0.6 is 35.3 Å². The van der Waals surface area contributed by atoms with Crippen LogP contribution in [0, 0.1) is 21.6 Å². The number of Topliss-reactive ketones (excluding diaryl/α,β-unsaturated/α-hetero) is 1. The molecule has 0 saturated carbocycles. The van der Waals surface area contributed by atoms with Crippen molar-refractivity contribution in [1.82, 2.24) is 10.6 Å². The number of nitrogens with one attached hydrogen (secondary N) is 6. The van der Waals surface area contributed by atoms with Crippen molar-refractivity contribution in [2.24, 2.45) is 0 Å². The predicted octanol–water partition coefficient (Wildman–Crippen LogP) is 4.70. The van der Waals surface area contributed by atoms with E-state index in [1.165, 1.54) is 25.6 Å². The number of carbonyl (C=O) groups is 4. The molecule has 2 atom stereocenters. The topological polar surface area (TPSA) is 197 Å². The van der Waals surface area contributed by atoms with Crippen molar-refractivity contribution in [3.05, 3.63) is 71.8 Å². The zero-order chi connectivity index (χ0) is 31.1. The van der Waals surface area contributed by atoms with Crippen molar-refractivity contribution in [1.29, 1.82) is 21.6 Å². The fourth-order valence-corrected chi connectivity index (χ4v) is 5.78. The summed E-state index contributed by atoms with van der Waals surface area (Å²) in [7, 11) is 0. The number of carbonyl (C=O) groups excluding carboxylic acids is 4. The Balaban J connectivity index is 1.73. The number of ketones is 1. The highest BCUT2D eigenvalue weighted by atomic mass is 32.2. The third-order valence-corrected chi connectivity index (χ3v) is 7.89. The van der Waals surface area contributed by atoms with Crippen LogP contribution in [0.15, 0.2) is 60.7 Å². The van der Waals surface area contributed by atoms with E-state index in [4.69, 9.17) is 26.4 Å². The third-order valence-electron chi connectivity index (χ3n) is 5.26. The SMILES string of the molecule is CC(=O)C[C@@H](C(=O)NC(=N)SC(=N)CSCCC(=N)SC(=N)NC(=O)[C@H](OC(C)=O)c1ccccc1)c1ccccc1. The molecule has 2 rings (SSSR count). The Morgan fingerprint density at radius 2 is 1.29 bits per heavy atom. The monoisotopic (exact) mass is 628 g/mol. The highest BCUT2D eigenvalue weighted by Gasteiger charge is 2.25. The molecule has 0 aromatic heterocycles. The second kappa shape index (κ2) is 17.9. The average molecular weight is 629 g/mol. The number of hydrogen-bond donors (Lipinski definition) is 6. The smallest absolute Gasteiger partial charge is 0.303 e. The van der Waals surface area contributed by atoms with Crippen LogP contribution in [0.3, 0.4) is 0 Å². The molecule has 14 heteroatoms. The maximum absolute atomic E-state index is 12.7. The molecule has 0 heterocycles. The number of thioether (sulfide) groups is 3. The van der Waals surface area contributed by atoms with Gasteiger partial charge in [0, 0.05) is 31.1 Å². The molecule has 0 aliphatic carbocycles. The van der Waals surface area contributed by atoms with Crippen LogP contribution in [-0.4, -0.2) is 55.5 Å². The molecule has 2 aromatic rings. The number of hydrogen-bond acceptors (Lipinski definition) is 12. The Labute approximate surface area is 256 Å². The van der Waals surface area contributed by atoms with Crippen LogP contribution in [0.5, 0.6) is 0 Å². The van der Waals surface area contributed by atoms with Gasteiger partial charge in [-0.25, -0.2) is 0 Å². The lowest BCUT2D eigenvalue weighted by molar-refractivity contribution is -0.153. The summed E-state index contributed by atoms with van der Waals surface area (Å²) >= 11 is 2.89. The van der Waals surface area contributed by atoms with Crippen LogP contribution in [0.4, 0.5) is 0 Å². The molecule has 0 aliphatic rings. The first-order valence-corrected chi connectivity index (χ1v) is 15.4. The van der Waals surface area contributed by atoms with Crippen molar-refractivity contribution in [3.8, 4) is 0 Å². The maximum Gasteiger partial charge on any atom is 0.303 e. The van der Waals surface area contributed by atoms with E-state index < -0.39 is 29.8 Å². The molecule has 11 nitrogen and oxygen atoms in total. The number of benzene rings is 2. The van der Waals surface area contributed by atoms with Gasteiger partial charge in [0.25, 0.3) is 5.91 Å². The van der Waals surface area contributed by atoms with Gasteiger partial charge in [-0.05, 0) is 41.8 Å². The zero-order valence-electron chi connectivity index (χ0n) is 23.0. The summed E-state index contributed by atoms with van der Waals surface area (Å²) in [6.45, 7) is 2.59. The van der Waals surface area contributed by atoms with Gasteiger partial charge in [-0.3, -0.25) is 40.8 Å². The van der Waals surface area contributed by atoms with E-state index in [0.29, 0.717) is 16.9 Å². The minimum Gasteiger partial charge on any atom is -0.447 e. The van der Waals surface area contributed by atoms with E-state index in [-0.39, 0.29) is 44.8 Å². The number of rotatable bonds is 12. The van der Waals surface area contributed by atoms with Crippen LogP contribution < -0.4 is 10.6 Å². The van der Waals surface area contributed by atoms with Crippen LogP contribution in [0.1, 0.15) is 49.8 Å². The summed E-state index contributed by atoms with van der Waals surface area (Å²) in [5.41, 5.74) is 1.12. The van der Waals surface area contributed by atoms with Gasteiger partial charge in [-0.15, -0.1) is 0 Å². The Hall–Kier alpha value is -3.75. The molecule has 0 saturated heterocycles. The molecule has 2 amide bonds. The Morgan fingerprint density at radius 3 is 1.83 bits per heavy atom. The van der Waals surface area contributed by atoms with E-state index in [0.717, 1.165) is 23.5 Å². The number of esters is 1. The first-order chi connectivity index (χ1) is 20.0. The lowest BCUT2D eigenvalue weighted by Crippen LogP contribution is -2.35. The van der Waals surface area contributed by atoms with Crippen LogP contribution in [-0.2, 0) is 23.9 Å². The van der Waals surface area contributed by atoms with Crippen molar-refractivity contribution in [2.45, 2.75) is 38.7 Å². The molecule has 6 N–H and O–H groups in total. The maximum atomic E-state index is 12.7. The normalized spacial score (nSPS) is 11.9. The minimum atomic E-state index is -1.22. The van der Waals surface area contributed by atoms with Gasteiger partial charge in [-0.1, -0.05) is 60.7 Å². The number of ether oxygens (including phenoxy) is 1. The second-order valence-electron chi connectivity index (χ2n) is 8.76. The molecule has 0 bridgehead atoms. The van der Waals surface area contributed by atoms with E-state index >= 15 is 0 Å². The summed E-state index contributed by atoms with van der Waals surface area (Å²) in [6, 6.07) is 17.3. The third kappa shape index (κ3) is 12.8. The van der Waals surface area contributed by atoms with Crippen molar-refractivity contribution in [3.63, 3.8) is 0 Å². The second-order valence-corrected chi connectivity index (χ2v) is 12.1. The summed E-state index contributed by atoms with van der Waals surface area (Å²) < 4.78 is 5.11. The number of amidine groups is 2. The molecule has 0 fully saturated rings. The lowest BCUT2D eigenvalue weighted by Gasteiger charge is -2.17. The van der Waals surface area contributed by atoms with E-state index in [2.05, 4.69) is 10.6 Å².